The van der Waals surface area contributed by atoms with Crippen LogP contribution in [0.2, 0.25) is 0 Å². The summed E-state index contributed by atoms with van der Waals surface area (Å²) >= 11 is 1.44. The number of nitrogens with one attached hydrogen (secondary N) is 1. The predicted octanol–water partition coefficient (Wildman–Crippen LogP) is 4.69. The monoisotopic (exact) mass is 493 g/mol. The predicted molar refractivity (Wildman–Crippen MR) is 134 cm³/mol. The van der Waals surface area contributed by atoms with Gasteiger partial charge in [0.2, 0.25) is 15.9 Å². The fourth-order valence-electron chi connectivity index (χ4n) is 4.29. The molecule has 1 aliphatic rings. The van der Waals surface area contributed by atoms with Crippen molar-refractivity contribution >= 4 is 59.2 Å². The van der Waals surface area contributed by atoms with Gasteiger partial charge in [-0.3, -0.25) is 9.59 Å². The zero-order valence-corrected chi connectivity index (χ0v) is 20.2. The molecule has 2 heterocycles. The van der Waals surface area contributed by atoms with Crippen LogP contribution < -0.4 is 5.32 Å². The maximum atomic E-state index is 13.0. The van der Waals surface area contributed by atoms with Gasteiger partial charge in [0.1, 0.15) is 0 Å². The number of nitrogens with zero attached hydrogens (tertiary/aromatic N) is 2. The van der Waals surface area contributed by atoms with Gasteiger partial charge in [-0.15, -0.1) is 0 Å². The SMILES string of the molecule is CC(=O)c1ccc(S(=O)(=O)N2CCC(C(=O)Nc3nc4c(ccc5ccccc54)s3)CC2)cc1. The van der Waals surface area contributed by atoms with Gasteiger partial charge in [-0.05, 0) is 43.4 Å². The number of aromatic nitrogens is 1. The van der Waals surface area contributed by atoms with Gasteiger partial charge in [0.15, 0.2) is 10.9 Å². The third-order valence-electron chi connectivity index (χ3n) is 6.24. The highest BCUT2D eigenvalue weighted by molar-refractivity contribution is 7.89. The summed E-state index contributed by atoms with van der Waals surface area (Å²) in [6.45, 7) is 1.97. The fraction of sp³-hybridized carbons (Fsp3) is 0.240. The quantitative estimate of drug-likeness (QED) is 0.407. The summed E-state index contributed by atoms with van der Waals surface area (Å²) in [6.07, 6.45) is 0.870. The highest BCUT2D eigenvalue weighted by atomic mass is 32.2. The van der Waals surface area contributed by atoms with Crippen molar-refractivity contribution in [2.24, 2.45) is 5.92 Å². The Morgan fingerprint density at radius 1 is 1.00 bits per heavy atom. The number of thiazole rings is 1. The molecule has 3 aromatic carbocycles. The summed E-state index contributed by atoms with van der Waals surface area (Å²) in [6, 6.07) is 18.0. The maximum absolute atomic E-state index is 13.0. The lowest BCUT2D eigenvalue weighted by Crippen LogP contribution is -2.41. The molecule has 5 rings (SSSR count). The van der Waals surface area contributed by atoms with E-state index in [4.69, 9.17) is 0 Å². The Kier molecular flexibility index (Phi) is 5.93. The van der Waals surface area contributed by atoms with E-state index in [0.717, 1.165) is 21.0 Å². The van der Waals surface area contributed by atoms with Crippen LogP contribution in [0.4, 0.5) is 5.13 Å². The molecule has 1 N–H and O–H groups in total. The van der Waals surface area contributed by atoms with E-state index in [1.54, 1.807) is 0 Å². The first kappa shape index (κ1) is 22.6. The molecular weight excluding hydrogens is 470 g/mol. The van der Waals surface area contributed by atoms with E-state index in [2.05, 4.69) is 10.3 Å². The van der Waals surface area contributed by atoms with Gasteiger partial charge in [0.25, 0.3) is 0 Å². The number of sulfonamides is 1. The molecule has 0 bridgehead atoms. The van der Waals surface area contributed by atoms with Crippen LogP contribution in [0.3, 0.4) is 0 Å². The summed E-state index contributed by atoms with van der Waals surface area (Å²) in [4.78, 5) is 29.1. The summed E-state index contributed by atoms with van der Waals surface area (Å²) in [5, 5.41) is 5.64. The minimum absolute atomic E-state index is 0.114. The van der Waals surface area contributed by atoms with Crippen LogP contribution >= 0.6 is 11.3 Å². The first-order valence-electron chi connectivity index (χ1n) is 11.0. The van der Waals surface area contributed by atoms with Gasteiger partial charge < -0.3 is 5.32 Å². The normalized spacial score (nSPS) is 15.6. The number of rotatable bonds is 5. The highest BCUT2D eigenvalue weighted by Crippen LogP contribution is 2.32. The third-order valence-corrected chi connectivity index (χ3v) is 9.09. The van der Waals surface area contributed by atoms with Crippen molar-refractivity contribution in [2.45, 2.75) is 24.7 Å². The second-order valence-electron chi connectivity index (χ2n) is 8.40. The minimum atomic E-state index is -3.67. The van der Waals surface area contributed by atoms with Crippen LogP contribution in [0, 0.1) is 5.92 Å². The Labute approximate surface area is 201 Å². The van der Waals surface area contributed by atoms with Crippen LogP contribution in [0.25, 0.3) is 21.0 Å². The van der Waals surface area contributed by atoms with Crippen LogP contribution in [-0.2, 0) is 14.8 Å². The first-order chi connectivity index (χ1) is 16.3. The van der Waals surface area contributed by atoms with Crippen LogP contribution in [-0.4, -0.2) is 42.5 Å². The van der Waals surface area contributed by atoms with Crippen LogP contribution in [0.5, 0.6) is 0 Å². The van der Waals surface area contributed by atoms with E-state index in [1.165, 1.54) is 46.8 Å². The lowest BCUT2D eigenvalue weighted by atomic mass is 9.97. The number of hydrogen-bond donors (Lipinski definition) is 1. The van der Waals surface area contributed by atoms with Crippen molar-refractivity contribution < 1.29 is 18.0 Å². The number of carbonyl (C=O) groups excluding carboxylic acids is 2. The average molecular weight is 494 g/mol. The minimum Gasteiger partial charge on any atom is -0.302 e. The molecular formula is C25H23N3O4S2. The van der Waals surface area contributed by atoms with Crippen molar-refractivity contribution in [3.8, 4) is 0 Å². The number of fused-ring (bicyclic) bond motifs is 3. The Hall–Kier alpha value is -3.14. The average Bonchev–Trinajstić information content (AvgIpc) is 3.27. The standard InChI is InChI=1S/C25H23N3O4S2/c1-16(29)17-6-9-20(10-7-17)34(31,32)28-14-12-19(13-15-28)24(30)27-25-26-23-21-5-3-2-4-18(21)8-11-22(23)33-25/h2-11,19H,12-15H2,1H3,(H,26,27,30). The van der Waals surface area contributed by atoms with Crippen molar-refractivity contribution in [3.63, 3.8) is 0 Å². The lowest BCUT2D eigenvalue weighted by molar-refractivity contribution is -0.120. The molecule has 34 heavy (non-hydrogen) atoms. The second-order valence-corrected chi connectivity index (χ2v) is 11.4. The smallest absolute Gasteiger partial charge is 0.243 e. The number of anilines is 1. The zero-order valence-electron chi connectivity index (χ0n) is 18.5. The maximum Gasteiger partial charge on any atom is 0.243 e. The molecule has 1 aliphatic heterocycles. The highest BCUT2D eigenvalue weighted by Gasteiger charge is 2.32. The fourth-order valence-corrected chi connectivity index (χ4v) is 6.65. The van der Waals surface area contributed by atoms with E-state index in [0.29, 0.717) is 23.5 Å². The van der Waals surface area contributed by atoms with E-state index in [9.17, 15) is 18.0 Å². The van der Waals surface area contributed by atoms with Crippen molar-refractivity contribution in [1.82, 2.24) is 9.29 Å². The Balaban J connectivity index is 1.25. The Bertz CT molecular complexity index is 1500. The van der Waals surface area contributed by atoms with E-state index < -0.39 is 10.0 Å². The van der Waals surface area contributed by atoms with Gasteiger partial charge in [0.05, 0.1) is 15.1 Å². The zero-order chi connectivity index (χ0) is 23.9. The first-order valence-corrected chi connectivity index (χ1v) is 13.3. The Morgan fingerprint density at radius 3 is 2.41 bits per heavy atom. The van der Waals surface area contributed by atoms with Gasteiger partial charge in [0, 0.05) is 30.0 Å². The number of piperidine rings is 1. The Morgan fingerprint density at radius 2 is 1.71 bits per heavy atom. The van der Waals surface area contributed by atoms with Crippen molar-refractivity contribution in [2.75, 3.05) is 18.4 Å². The van der Waals surface area contributed by atoms with Crippen molar-refractivity contribution in [1.29, 1.82) is 0 Å². The van der Waals surface area contributed by atoms with Crippen molar-refractivity contribution in [3.05, 3.63) is 66.2 Å². The molecule has 4 aromatic rings. The van der Waals surface area contributed by atoms with E-state index in [-0.39, 0.29) is 35.6 Å². The number of benzene rings is 3. The van der Waals surface area contributed by atoms with Gasteiger partial charge in [-0.25, -0.2) is 13.4 Å². The number of Topliss-reactive ketones (excluding diaryl/α,β-unsaturated/α-hetero) is 1. The van der Waals surface area contributed by atoms with Gasteiger partial charge in [-0.2, -0.15) is 4.31 Å². The van der Waals surface area contributed by atoms with E-state index >= 15 is 0 Å². The number of amides is 1. The molecule has 7 nitrogen and oxygen atoms in total. The lowest BCUT2D eigenvalue weighted by Gasteiger charge is -2.30. The molecule has 1 saturated heterocycles. The molecule has 174 valence electrons. The second kappa shape index (κ2) is 8.90. The molecule has 0 atom stereocenters. The molecule has 0 radical (unpaired) electrons. The largest absolute Gasteiger partial charge is 0.302 e. The van der Waals surface area contributed by atoms with Crippen LogP contribution in [0.1, 0.15) is 30.1 Å². The molecule has 1 fully saturated rings. The molecule has 9 heteroatoms. The molecule has 1 aromatic heterocycles. The number of ketones is 1. The molecule has 0 aliphatic carbocycles. The molecule has 0 spiro atoms. The van der Waals surface area contributed by atoms with E-state index in [1.807, 2.05) is 36.4 Å². The molecule has 1 amide bonds. The molecule has 0 unspecified atom stereocenters. The summed E-state index contributed by atoms with van der Waals surface area (Å²) < 4.78 is 28.4. The summed E-state index contributed by atoms with van der Waals surface area (Å²) in [5.74, 6) is -0.529. The topological polar surface area (TPSA) is 96.4 Å². The molecule has 0 saturated carbocycles. The number of hydrogen-bond acceptors (Lipinski definition) is 6. The van der Waals surface area contributed by atoms with Gasteiger partial charge >= 0.3 is 0 Å². The summed E-state index contributed by atoms with van der Waals surface area (Å²) in [7, 11) is -3.67. The third kappa shape index (κ3) is 4.22. The number of carbonyl (C=O) groups is 2. The van der Waals surface area contributed by atoms with Crippen LogP contribution in [0.15, 0.2) is 65.6 Å². The van der Waals surface area contributed by atoms with Gasteiger partial charge in [-0.1, -0.05) is 53.8 Å². The summed E-state index contributed by atoms with van der Waals surface area (Å²) in [5.41, 5.74) is 1.34.